The minimum Gasteiger partial charge on any atom is -0.366 e. The lowest BCUT2D eigenvalue weighted by Gasteiger charge is -2.37. The van der Waals surface area contributed by atoms with Crippen molar-refractivity contribution in [3.63, 3.8) is 0 Å². The third-order valence-corrected chi connectivity index (χ3v) is 5.59. The zero-order valence-corrected chi connectivity index (χ0v) is 19.5. The molecule has 0 atom stereocenters. The normalized spacial score (nSPS) is 18.2. The van der Waals surface area contributed by atoms with Crippen molar-refractivity contribution in [2.75, 3.05) is 44.7 Å². The van der Waals surface area contributed by atoms with Crippen molar-refractivity contribution in [3.8, 4) is 0 Å². The Morgan fingerprint density at radius 1 is 1.14 bits per heavy atom. The molecule has 8 heteroatoms. The van der Waals surface area contributed by atoms with Crippen LogP contribution in [0.4, 0.5) is 10.1 Å². The van der Waals surface area contributed by atoms with Crippen LogP contribution in [-0.2, 0) is 4.79 Å². The molecule has 1 amide bonds. The first-order chi connectivity index (χ1) is 13.7. The molecule has 0 radical (unpaired) electrons. The number of halogens is 2. The van der Waals surface area contributed by atoms with Gasteiger partial charge in [-0.2, -0.15) is 0 Å². The van der Waals surface area contributed by atoms with Gasteiger partial charge in [-0.3, -0.25) is 9.79 Å². The van der Waals surface area contributed by atoms with Gasteiger partial charge >= 0.3 is 0 Å². The number of rotatable bonds is 5. The van der Waals surface area contributed by atoms with Crippen LogP contribution in [0, 0.1) is 5.82 Å². The first-order valence-corrected chi connectivity index (χ1v) is 10.4. The summed E-state index contributed by atoms with van der Waals surface area (Å²) < 4.78 is 14.0. The molecule has 1 aliphatic heterocycles. The first-order valence-electron chi connectivity index (χ1n) is 10.4. The van der Waals surface area contributed by atoms with E-state index in [1.807, 2.05) is 12.1 Å². The van der Waals surface area contributed by atoms with E-state index in [1.54, 1.807) is 13.1 Å². The smallest absolute Gasteiger partial charge is 0.221 e. The summed E-state index contributed by atoms with van der Waals surface area (Å²) >= 11 is 0. The SMILES string of the molecule is CN=C(NCCC(=O)NC1CCCCC1)N1CCN(c2ccccc2F)CC1.I. The number of hydrogen-bond acceptors (Lipinski definition) is 3. The average Bonchev–Trinajstić information content (AvgIpc) is 2.73. The fraction of sp³-hybridized carbons (Fsp3) is 0.619. The van der Waals surface area contributed by atoms with Crippen molar-refractivity contribution in [1.82, 2.24) is 15.5 Å². The molecule has 29 heavy (non-hydrogen) atoms. The lowest BCUT2D eigenvalue weighted by Crippen LogP contribution is -2.53. The number of carbonyl (C=O) groups is 1. The lowest BCUT2D eigenvalue weighted by atomic mass is 9.95. The van der Waals surface area contributed by atoms with Gasteiger partial charge in [-0.1, -0.05) is 31.4 Å². The summed E-state index contributed by atoms with van der Waals surface area (Å²) in [5.74, 6) is 0.736. The monoisotopic (exact) mass is 517 g/mol. The summed E-state index contributed by atoms with van der Waals surface area (Å²) in [5, 5.41) is 6.44. The number of amides is 1. The van der Waals surface area contributed by atoms with Gasteiger partial charge in [-0.15, -0.1) is 24.0 Å². The quantitative estimate of drug-likeness (QED) is 0.359. The molecule has 1 heterocycles. The summed E-state index contributed by atoms with van der Waals surface area (Å²) in [6, 6.07) is 7.25. The summed E-state index contributed by atoms with van der Waals surface area (Å²) in [7, 11) is 1.76. The fourth-order valence-electron chi connectivity index (χ4n) is 4.03. The zero-order chi connectivity index (χ0) is 19.8. The molecule has 1 saturated heterocycles. The van der Waals surface area contributed by atoms with Gasteiger partial charge in [0.2, 0.25) is 5.91 Å². The van der Waals surface area contributed by atoms with Gasteiger partial charge < -0.3 is 20.4 Å². The summed E-state index contributed by atoms with van der Waals surface area (Å²) in [6.07, 6.45) is 6.38. The molecule has 2 fully saturated rings. The van der Waals surface area contributed by atoms with Crippen molar-refractivity contribution in [2.24, 2.45) is 4.99 Å². The van der Waals surface area contributed by atoms with Gasteiger partial charge in [0.15, 0.2) is 5.96 Å². The van der Waals surface area contributed by atoms with Crippen molar-refractivity contribution >= 4 is 41.5 Å². The number of para-hydroxylation sites is 1. The molecule has 0 spiro atoms. The number of nitrogens with zero attached hydrogens (tertiary/aromatic N) is 3. The van der Waals surface area contributed by atoms with Crippen LogP contribution in [0.15, 0.2) is 29.3 Å². The third-order valence-electron chi connectivity index (χ3n) is 5.59. The summed E-state index contributed by atoms with van der Waals surface area (Å²) in [5.41, 5.74) is 0.657. The van der Waals surface area contributed by atoms with E-state index in [-0.39, 0.29) is 35.7 Å². The number of hydrogen-bond donors (Lipinski definition) is 2. The van der Waals surface area contributed by atoms with E-state index in [2.05, 4.69) is 25.4 Å². The first kappa shape index (κ1) is 23.7. The van der Waals surface area contributed by atoms with Gasteiger partial charge in [0, 0.05) is 52.2 Å². The van der Waals surface area contributed by atoms with Gasteiger partial charge in [0.05, 0.1) is 5.69 Å². The molecule has 3 rings (SSSR count). The predicted molar refractivity (Wildman–Crippen MR) is 127 cm³/mol. The molecule has 6 nitrogen and oxygen atoms in total. The number of aliphatic imine (C=N–C) groups is 1. The number of benzene rings is 1. The Balaban J connectivity index is 0.00000300. The summed E-state index contributed by atoms with van der Waals surface area (Å²) in [6.45, 7) is 3.58. The van der Waals surface area contributed by atoms with Crippen LogP contribution in [-0.4, -0.2) is 62.6 Å². The number of nitrogens with one attached hydrogen (secondary N) is 2. The summed E-state index contributed by atoms with van der Waals surface area (Å²) in [4.78, 5) is 20.7. The topological polar surface area (TPSA) is 60.0 Å². The Hall–Kier alpha value is -1.58. The molecule has 0 unspecified atom stereocenters. The highest BCUT2D eigenvalue weighted by Gasteiger charge is 2.21. The van der Waals surface area contributed by atoms with E-state index in [0.29, 0.717) is 24.7 Å². The maximum atomic E-state index is 14.0. The maximum Gasteiger partial charge on any atom is 0.221 e. The van der Waals surface area contributed by atoms with Gasteiger partial charge in [-0.05, 0) is 25.0 Å². The maximum absolute atomic E-state index is 14.0. The minimum absolute atomic E-state index is 0. The van der Waals surface area contributed by atoms with Crippen molar-refractivity contribution in [3.05, 3.63) is 30.1 Å². The Morgan fingerprint density at radius 2 is 1.83 bits per heavy atom. The minimum atomic E-state index is -0.178. The van der Waals surface area contributed by atoms with Crippen molar-refractivity contribution < 1.29 is 9.18 Å². The number of piperazine rings is 1. The number of anilines is 1. The number of carbonyl (C=O) groups excluding carboxylic acids is 1. The van der Waals surface area contributed by atoms with Gasteiger partial charge in [-0.25, -0.2) is 4.39 Å². The van der Waals surface area contributed by atoms with Crippen LogP contribution >= 0.6 is 24.0 Å². The van der Waals surface area contributed by atoms with E-state index in [1.165, 1.54) is 25.3 Å². The Bertz CT molecular complexity index is 673. The largest absolute Gasteiger partial charge is 0.366 e. The fourth-order valence-corrected chi connectivity index (χ4v) is 4.03. The molecule has 0 bridgehead atoms. The van der Waals surface area contributed by atoms with Gasteiger partial charge in [0.1, 0.15) is 5.82 Å². The van der Waals surface area contributed by atoms with Crippen molar-refractivity contribution in [1.29, 1.82) is 0 Å². The highest BCUT2D eigenvalue weighted by molar-refractivity contribution is 14.0. The highest BCUT2D eigenvalue weighted by Crippen LogP contribution is 2.20. The van der Waals surface area contributed by atoms with Crippen LogP contribution in [0.2, 0.25) is 0 Å². The molecule has 2 N–H and O–H groups in total. The molecule has 1 aromatic rings. The van der Waals surface area contributed by atoms with Crippen molar-refractivity contribution in [2.45, 2.75) is 44.6 Å². The third kappa shape index (κ3) is 7.01. The zero-order valence-electron chi connectivity index (χ0n) is 17.2. The Kier molecular flexibility index (Phi) is 9.96. The molecule has 2 aliphatic rings. The molecule has 162 valence electrons. The second-order valence-electron chi connectivity index (χ2n) is 7.55. The lowest BCUT2D eigenvalue weighted by molar-refractivity contribution is -0.121. The van der Waals surface area contributed by atoms with Crippen LogP contribution in [0.3, 0.4) is 0 Å². The van der Waals surface area contributed by atoms with E-state index in [0.717, 1.165) is 45.0 Å². The molecule has 0 aromatic heterocycles. The predicted octanol–water partition coefficient (Wildman–Crippen LogP) is 2.98. The standard InChI is InChI=1S/C21H32FN5O.HI/c1-23-21(24-12-11-20(28)25-17-7-3-2-4-8-17)27-15-13-26(14-16-27)19-10-6-5-9-18(19)22;/h5-6,9-10,17H,2-4,7-8,11-16H2,1H3,(H,23,24)(H,25,28);1H. The number of guanidine groups is 1. The molecule has 1 aliphatic carbocycles. The average molecular weight is 517 g/mol. The van der Waals surface area contributed by atoms with E-state index in [9.17, 15) is 9.18 Å². The molecular weight excluding hydrogens is 484 g/mol. The molecule has 1 saturated carbocycles. The van der Waals surface area contributed by atoms with E-state index >= 15 is 0 Å². The van der Waals surface area contributed by atoms with E-state index < -0.39 is 0 Å². The second-order valence-corrected chi connectivity index (χ2v) is 7.55. The van der Waals surface area contributed by atoms with Crippen LogP contribution < -0.4 is 15.5 Å². The molecule has 1 aromatic carbocycles. The Labute approximate surface area is 190 Å². The second kappa shape index (κ2) is 12.2. The van der Waals surface area contributed by atoms with Crippen LogP contribution in [0.25, 0.3) is 0 Å². The van der Waals surface area contributed by atoms with Crippen LogP contribution in [0.5, 0.6) is 0 Å². The van der Waals surface area contributed by atoms with Gasteiger partial charge in [0.25, 0.3) is 0 Å². The highest BCUT2D eigenvalue weighted by atomic mass is 127. The van der Waals surface area contributed by atoms with E-state index in [4.69, 9.17) is 0 Å². The Morgan fingerprint density at radius 3 is 2.48 bits per heavy atom. The molecular formula is C21H33FIN5O. The van der Waals surface area contributed by atoms with Crippen LogP contribution in [0.1, 0.15) is 38.5 Å².